The highest BCUT2D eigenvalue weighted by Crippen LogP contribution is 2.33. The highest BCUT2D eigenvalue weighted by atomic mass is 16.5. The van der Waals surface area contributed by atoms with Crippen LogP contribution in [0.4, 0.5) is 5.69 Å². The summed E-state index contributed by atoms with van der Waals surface area (Å²) in [5.41, 5.74) is 2.41. The summed E-state index contributed by atoms with van der Waals surface area (Å²) in [4.78, 5) is 0. The van der Waals surface area contributed by atoms with Crippen LogP contribution in [0.15, 0.2) is 18.2 Å². The van der Waals surface area contributed by atoms with Crippen LogP contribution in [0.25, 0.3) is 0 Å². The Bertz CT molecular complexity index is 403. The van der Waals surface area contributed by atoms with Crippen molar-refractivity contribution in [2.24, 2.45) is 5.92 Å². The number of benzene rings is 1. The second-order valence-corrected chi connectivity index (χ2v) is 5.50. The molecular formula is C15H23NO2. The van der Waals surface area contributed by atoms with Gasteiger partial charge in [-0.25, -0.2) is 0 Å². The largest absolute Gasteiger partial charge is 0.489 e. The van der Waals surface area contributed by atoms with E-state index < -0.39 is 6.10 Å². The van der Waals surface area contributed by atoms with Crippen molar-refractivity contribution in [3.05, 3.63) is 23.8 Å². The molecule has 3 nitrogen and oxygen atoms in total. The number of aryl methyl sites for hydroxylation is 1. The first-order chi connectivity index (χ1) is 8.58. The smallest absolute Gasteiger partial charge is 0.142 e. The topological polar surface area (TPSA) is 41.5 Å². The van der Waals surface area contributed by atoms with Crippen LogP contribution in [0.3, 0.4) is 0 Å². The Kier molecular flexibility index (Phi) is 4.12. The Morgan fingerprint density at radius 1 is 1.44 bits per heavy atom. The molecule has 100 valence electrons. The first-order valence-corrected chi connectivity index (χ1v) is 6.77. The van der Waals surface area contributed by atoms with Gasteiger partial charge in [0.05, 0.1) is 11.8 Å². The Morgan fingerprint density at radius 2 is 2.22 bits per heavy atom. The van der Waals surface area contributed by atoms with Crippen molar-refractivity contribution in [2.75, 3.05) is 11.9 Å². The molecule has 3 heteroatoms. The SMILES string of the molecule is CC1CCc2cccc(OCC(O)C(C)C)c2N1. The van der Waals surface area contributed by atoms with Gasteiger partial charge in [0.2, 0.25) is 0 Å². The normalized spacial score (nSPS) is 20.2. The maximum atomic E-state index is 9.80. The third-order valence-electron chi connectivity index (χ3n) is 3.53. The number of hydrogen-bond acceptors (Lipinski definition) is 3. The van der Waals surface area contributed by atoms with Crippen molar-refractivity contribution in [3.8, 4) is 5.75 Å². The molecule has 0 saturated heterocycles. The fourth-order valence-corrected chi connectivity index (χ4v) is 2.13. The number of anilines is 1. The van der Waals surface area contributed by atoms with E-state index in [1.54, 1.807) is 0 Å². The minimum absolute atomic E-state index is 0.219. The predicted molar refractivity (Wildman–Crippen MR) is 74.2 cm³/mol. The third kappa shape index (κ3) is 2.96. The van der Waals surface area contributed by atoms with Gasteiger partial charge in [-0.1, -0.05) is 26.0 Å². The lowest BCUT2D eigenvalue weighted by molar-refractivity contribution is 0.0703. The number of nitrogens with one attached hydrogen (secondary N) is 1. The van der Waals surface area contributed by atoms with Gasteiger partial charge in [0.1, 0.15) is 12.4 Å². The zero-order chi connectivity index (χ0) is 13.1. The Morgan fingerprint density at radius 3 is 2.94 bits per heavy atom. The Hall–Kier alpha value is -1.22. The molecule has 2 unspecified atom stereocenters. The second kappa shape index (κ2) is 5.61. The van der Waals surface area contributed by atoms with Gasteiger partial charge in [-0.2, -0.15) is 0 Å². The van der Waals surface area contributed by atoms with Crippen LogP contribution in [0.5, 0.6) is 5.75 Å². The molecule has 0 aliphatic carbocycles. The summed E-state index contributed by atoms with van der Waals surface area (Å²) < 4.78 is 5.76. The average Bonchev–Trinajstić information content (AvgIpc) is 2.35. The highest BCUT2D eigenvalue weighted by molar-refractivity contribution is 5.63. The number of fused-ring (bicyclic) bond motifs is 1. The molecule has 2 N–H and O–H groups in total. The van der Waals surface area contributed by atoms with Gasteiger partial charge in [0, 0.05) is 6.04 Å². The molecule has 1 aromatic carbocycles. The monoisotopic (exact) mass is 249 g/mol. The molecule has 0 amide bonds. The molecule has 0 fully saturated rings. The van der Waals surface area contributed by atoms with Crippen LogP contribution < -0.4 is 10.1 Å². The number of hydrogen-bond donors (Lipinski definition) is 2. The van der Waals surface area contributed by atoms with Crippen molar-refractivity contribution in [1.82, 2.24) is 0 Å². The summed E-state index contributed by atoms with van der Waals surface area (Å²) >= 11 is 0. The summed E-state index contributed by atoms with van der Waals surface area (Å²) in [5.74, 6) is 1.08. The molecule has 0 spiro atoms. The number of ether oxygens (including phenoxy) is 1. The first kappa shape index (κ1) is 13.2. The molecular weight excluding hydrogens is 226 g/mol. The van der Waals surface area contributed by atoms with E-state index in [1.807, 2.05) is 26.0 Å². The lowest BCUT2D eigenvalue weighted by Gasteiger charge is -2.26. The van der Waals surface area contributed by atoms with E-state index in [0.717, 1.165) is 24.3 Å². The van der Waals surface area contributed by atoms with E-state index in [1.165, 1.54) is 5.56 Å². The van der Waals surface area contributed by atoms with Crippen LogP contribution in [0, 0.1) is 5.92 Å². The van der Waals surface area contributed by atoms with Crippen LogP contribution in [0.1, 0.15) is 32.8 Å². The van der Waals surface area contributed by atoms with Crippen molar-refractivity contribution in [1.29, 1.82) is 0 Å². The predicted octanol–water partition coefficient (Wildman–Crippen LogP) is 2.83. The summed E-state index contributed by atoms with van der Waals surface area (Å²) in [6.07, 6.45) is 1.83. The molecule has 0 radical (unpaired) electrons. The van der Waals surface area contributed by atoms with Crippen LogP contribution in [-0.2, 0) is 6.42 Å². The van der Waals surface area contributed by atoms with Gasteiger partial charge < -0.3 is 15.2 Å². The fraction of sp³-hybridized carbons (Fsp3) is 0.600. The third-order valence-corrected chi connectivity index (χ3v) is 3.53. The fourth-order valence-electron chi connectivity index (χ4n) is 2.13. The molecule has 1 aliphatic rings. The van der Waals surface area contributed by atoms with Crippen molar-refractivity contribution in [3.63, 3.8) is 0 Å². The molecule has 2 atom stereocenters. The van der Waals surface area contributed by atoms with Gasteiger partial charge >= 0.3 is 0 Å². The first-order valence-electron chi connectivity index (χ1n) is 6.77. The molecule has 0 bridgehead atoms. The minimum Gasteiger partial charge on any atom is -0.489 e. The van der Waals surface area contributed by atoms with Crippen molar-refractivity contribution in [2.45, 2.75) is 45.8 Å². The van der Waals surface area contributed by atoms with Crippen molar-refractivity contribution < 1.29 is 9.84 Å². The van der Waals surface area contributed by atoms with Crippen LogP contribution in [0.2, 0.25) is 0 Å². The lowest BCUT2D eigenvalue weighted by Crippen LogP contribution is -2.25. The number of aliphatic hydroxyl groups is 1. The van der Waals surface area contributed by atoms with E-state index >= 15 is 0 Å². The second-order valence-electron chi connectivity index (χ2n) is 5.50. The summed E-state index contributed by atoms with van der Waals surface area (Å²) in [6, 6.07) is 6.61. The van der Waals surface area contributed by atoms with Gasteiger partial charge in [-0.3, -0.25) is 0 Å². The summed E-state index contributed by atoms with van der Waals surface area (Å²) in [5, 5.41) is 13.3. The van der Waals surface area contributed by atoms with Crippen LogP contribution in [-0.4, -0.2) is 23.9 Å². The molecule has 18 heavy (non-hydrogen) atoms. The summed E-state index contributed by atoms with van der Waals surface area (Å²) in [7, 11) is 0. The standard InChI is InChI=1S/C15H23NO2/c1-10(2)13(17)9-18-14-6-4-5-12-8-7-11(3)16-15(12)14/h4-6,10-11,13,16-17H,7-9H2,1-3H3. The van der Waals surface area contributed by atoms with Gasteiger partial charge in [-0.15, -0.1) is 0 Å². The highest BCUT2D eigenvalue weighted by Gasteiger charge is 2.18. The van der Waals surface area contributed by atoms with Gasteiger partial charge in [0.25, 0.3) is 0 Å². The number of rotatable bonds is 4. The minimum atomic E-state index is -0.415. The van der Waals surface area contributed by atoms with E-state index in [4.69, 9.17) is 4.74 Å². The molecule has 0 aromatic heterocycles. The molecule has 1 heterocycles. The average molecular weight is 249 g/mol. The van der Waals surface area contributed by atoms with E-state index in [2.05, 4.69) is 18.3 Å². The Balaban J connectivity index is 2.09. The van der Waals surface area contributed by atoms with Crippen molar-refractivity contribution >= 4 is 5.69 Å². The van der Waals surface area contributed by atoms with E-state index in [-0.39, 0.29) is 5.92 Å². The molecule has 0 saturated carbocycles. The quantitative estimate of drug-likeness (QED) is 0.862. The zero-order valence-corrected chi connectivity index (χ0v) is 11.4. The maximum absolute atomic E-state index is 9.80. The molecule has 2 rings (SSSR count). The van der Waals surface area contributed by atoms with Gasteiger partial charge in [-0.05, 0) is 37.3 Å². The van der Waals surface area contributed by atoms with E-state index in [9.17, 15) is 5.11 Å². The van der Waals surface area contributed by atoms with Gasteiger partial charge in [0.15, 0.2) is 0 Å². The molecule has 1 aromatic rings. The Labute approximate surface area is 109 Å². The molecule has 1 aliphatic heterocycles. The van der Waals surface area contributed by atoms with Crippen LogP contribution >= 0.6 is 0 Å². The summed E-state index contributed by atoms with van der Waals surface area (Å²) in [6.45, 7) is 6.52. The van der Waals surface area contributed by atoms with E-state index in [0.29, 0.717) is 12.6 Å². The maximum Gasteiger partial charge on any atom is 0.142 e. The number of aliphatic hydroxyl groups excluding tert-OH is 1. The lowest BCUT2D eigenvalue weighted by atomic mass is 9.98. The zero-order valence-electron chi connectivity index (χ0n) is 11.4. The number of para-hydroxylation sites is 1.